The fourth-order valence-electron chi connectivity index (χ4n) is 2.38. The number of primary amides is 1. The van der Waals surface area contributed by atoms with Crippen molar-refractivity contribution in [2.24, 2.45) is 16.5 Å². The van der Waals surface area contributed by atoms with Gasteiger partial charge in [-0.05, 0) is 35.9 Å². The van der Waals surface area contributed by atoms with Crippen molar-refractivity contribution in [1.82, 2.24) is 4.98 Å². The van der Waals surface area contributed by atoms with E-state index in [0.717, 1.165) is 25.5 Å². The summed E-state index contributed by atoms with van der Waals surface area (Å²) in [4.78, 5) is 30.9. The van der Waals surface area contributed by atoms with Crippen LogP contribution in [0.1, 0.15) is 16.8 Å². The first-order valence-corrected chi connectivity index (χ1v) is 8.25. The van der Waals surface area contributed by atoms with Crippen molar-refractivity contribution in [3.8, 4) is 0 Å². The second kappa shape index (κ2) is 9.16. The number of aliphatic imine (C=N–C) groups is 1. The first kappa shape index (κ1) is 22.5. The van der Waals surface area contributed by atoms with Crippen molar-refractivity contribution in [2.75, 3.05) is 7.11 Å². The van der Waals surface area contributed by atoms with Crippen LogP contribution in [0.4, 0.5) is 23.4 Å². The first-order valence-electron chi connectivity index (χ1n) is 8.25. The molecule has 0 spiro atoms. The molecule has 0 aliphatic rings. The molecule has 1 aromatic heterocycles. The van der Waals surface area contributed by atoms with Crippen molar-refractivity contribution in [2.45, 2.75) is 12.6 Å². The lowest BCUT2D eigenvalue weighted by Crippen LogP contribution is -2.24. The van der Waals surface area contributed by atoms with Crippen LogP contribution in [0.15, 0.2) is 52.7 Å². The predicted molar refractivity (Wildman–Crippen MR) is 99.0 cm³/mol. The summed E-state index contributed by atoms with van der Waals surface area (Å²) in [6.45, 7) is 0. The molecular formula is C19H16F4N4O3. The minimum Gasteiger partial charge on any atom is -0.464 e. The number of nitrogens with two attached hydrogens (primary N) is 2. The number of ether oxygens (including phenoxy) is 1. The van der Waals surface area contributed by atoms with Gasteiger partial charge in [0.15, 0.2) is 5.82 Å². The van der Waals surface area contributed by atoms with Gasteiger partial charge in [0.2, 0.25) is 0 Å². The van der Waals surface area contributed by atoms with Crippen LogP contribution >= 0.6 is 0 Å². The number of esters is 1. The Kier molecular flexibility index (Phi) is 6.88. The van der Waals surface area contributed by atoms with Gasteiger partial charge < -0.3 is 16.2 Å². The summed E-state index contributed by atoms with van der Waals surface area (Å²) in [7, 11) is 1.06. The lowest BCUT2D eigenvalue weighted by molar-refractivity contribution is -0.138. The maximum Gasteiger partial charge on any atom is 0.416 e. The van der Waals surface area contributed by atoms with E-state index in [2.05, 4.69) is 14.7 Å². The van der Waals surface area contributed by atoms with Crippen LogP contribution < -0.4 is 11.5 Å². The van der Waals surface area contributed by atoms with Gasteiger partial charge in [0, 0.05) is 18.3 Å². The molecule has 4 N–H and O–H groups in total. The Hall–Kier alpha value is -3.76. The van der Waals surface area contributed by atoms with Gasteiger partial charge in [-0.2, -0.15) is 13.2 Å². The molecule has 0 bridgehead atoms. The number of rotatable bonds is 6. The summed E-state index contributed by atoms with van der Waals surface area (Å²) in [6, 6.07) is 6.64. The second-order valence-electron chi connectivity index (χ2n) is 5.95. The number of nitrogens with zero attached hydrogens (tertiary/aromatic N) is 2. The number of halogens is 4. The molecule has 1 aromatic carbocycles. The van der Waals surface area contributed by atoms with Crippen LogP contribution in [0.5, 0.6) is 0 Å². The van der Waals surface area contributed by atoms with Crippen molar-refractivity contribution >= 4 is 23.9 Å². The Morgan fingerprint density at radius 3 is 2.50 bits per heavy atom. The fourth-order valence-corrected chi connectivity index (χ4v) is 2.38. The van der Waals surface area contributed by atoms with Crippen LogP contribution in [0.25, 0.3) is 0 Å². The highest BCUT2D eigenvalue weighted by molar-refractivity contribution is 6.16. The van der Waals surface area contributed by atoms with E-state index in [9.17, 15) is 27.2 Å². The number of carbonyl (C=O) groups is 2. The normalized spacial score (nSPS) is 12.6. The topological polar surface area (TPSA) is 121 Å². The molecule has 158 valence electrons. The van der Waals surface area contributed by atoms with Crippen LogP contribution in [-0.2, 0) is 26.9 Å². The smallest absolute Gasteiger partial charge is 0.416 e. The van der Waals surface area contributed by atoms with Gasteiger partial charge in [0.05, 0.1) is 18.2 Å². The molecule has 1 amide bonds. The van der Waals surface area contributed by atoms with E-state index < -0.39 is 40.7 Å². The van der Waals surface area contributed by atoms with Crippen LogP contribution in [0, 0.1) is 5.82 Å². The lowest BCUT2D eigenvalue weighted by atomic mass is 10.1. The summed E-state index contributed by atoms with van der Waals surface area (Å²) in [5.41, 5.74) is 8.94. The number of benzene rings is 1. The number of alkyl halides is 3. The molecule has 0 aliphatic heterocycles. The molecule has 1 heterocycles. The molecule has 30 heavy (non-hydrogen) atoms. The molecule has 0 aliphatic carbocycles. The zero-order valence-corrected chi connectivity index (χ0v) is 15.5. The van der Waals surface area contributed by atoms with Crippen LogP contribution in [0.2, 0.25) is 0 Å². The quantitative estimate of drug-likeness (QED) is 0.319. The SMILES string of the molecule is COC(=O)/C(N)=C(/C=N/c1cccc(Cc2cc(F)cc(C(F)(F)F)c2)n1)C(N)=O. The minimum absolute atomic E-state index is 0.0522. The molecule has 2 rings (SSSR count). The molecular weight excluding hydrogens is 408 g/mol. The van der Waals surface area contributed by atoms with Crippen LogP contribution in [0.3, 0.4) is 0 Å². The molecule has 2 aromatic rings. The first-order chi connectivity index (χ1) is 14.0. The van der Waals surface area contributed by atoms with Crippen molar-refractivity contribution < 1.29 is 31.9 Å². The van der Waals surface area contributed by atoms with E-state index in [1.54, 1.807) is 0 Å². The van der Waals surface area contributed by atoms with Gasteiger partial charge in [0.25, 0.3) is 5.91 Å². The van der Waals surface area contributed by atoms with Gasteiger partial charge in [-0.25, -0.2) is 19.2 Å². The van der Waals surface area contributed by atoms with E-state index in [1.807, 2.05) is 0 Å². The van der Waals surface area contributed by atoms with Gasteiger partial charge in [-0.3, -0.25) is 4.79 Å². The van der Waals surface area contributed by atoms with Crippen molar-refractivity contribution in [1.29, 1.82) is 0 Å². The molecule has 0 fully saturated rings. The average Bonchev–Trinajstić information content (AvgIpc) is 2.66. The molecule has 0 saturated carbocycles. The third kappa shape index (κ3) is 5.87. The number of hydrogen-bond acceptors (Lipinski definition) is 6. The van der Waals surface area contributed by atoms with Gasteiger partial charge in [0.1, 0.15) is 11.5 Å². The third-order valence-electron chi connectivity index (χ3n) is 3.75. The highest BCUT2D eigenvalue weighted by atomic mass is 19.4. The fraction of sp³-hybridized carbons (Fsp3) is 0.158. The standard InChI is InChI=1S/C19H16F4N4O3/c1-30-18(29)16(24)14(17(25)28)9-26-15-4-2-3-13(27-15)7-10-5-11(19(21,22)23)8-12(20)6-10/h2-6,8-9H,7,24H2,1H3,(H2,25,28)/b16-14+,26-9+. The highest BCUT2D eigenvalue weighted by Gasteiger charge is 2.31. The van der Waals surface area contributed by atoms with E-state index >= 15 is 0 Å². The summed E-state index contributed by atoms with van der Waals surface area (Å²) in [6.07, 6.45) is -3.87. The van der Waals surface area contributed by atoms with E-state index in [4.69, 9.17) is 11.5 Å². The maximum absolute atomic E-state index is 13.6. The summed E-state index contributed by atoms with van der Waals surface area (Å²) < 4.78 is 56.5. The molecule has 0 atom stereocenters. The maximum atomic E-state index is 13.6. The van der Waals surface area contributed by atoms with Gasteiger partial charge in [-0.1, -0.05) is 6.07 Å². The number of amides is 1. The molecule has 0 radical (unpaired) electrons. The zero-order chi connectivity index (χ0) is 22.5. The van der Waals surface area contributed by atoms with Crippen molar-refractivity contribution in [3.05, 3.63) is 70.3 Å². The molecule has 11 heteroatoms. The third-order valence-corrected chi connectivity index (χ3v) is 3.75. The lowest BCUT2D eigenvalue weighted by Gasteiger charge is -2.09. The van der Waals surface area contributed by atoms with E-state index in [0.29, 0.717) is 6.07 Å². The molecule has 7 nitrogen and oxygen atoms in total. The largest absolute Gasteiger partial charge is 0.464 e. The van der Waals surface area contributed by atoms with Gasteiger partial charge >= 0.3 is 12.1 Å². The molecule has 0 unspecified atom stereocenters. The zero-order valence-electron chi connectivity index (χ0n) is 15.5. The highest BCUT2D eigenvalue weighted by Crippen LogP contribution is 2.31. The monoisotopic (exact) mass is 424 g/mol. The van der Waals surface area contributed by atoms with E-state index in [-0.39, 0.29) is 23.5 Å². The Bertz CT molecular complexity index is 1030. The molecule has 0 saturated heterocycles. The van der Waals surface area contributed by atoms with Crippen molar-refractivity contribution in [3.63, 3.8) is 0 Å². The Balaban J connectivity index is 2.31. The Morgan fingerprint density at radius 2 is 1.90 bits per heavy atom. The average molecular weight is 424 g/mol. The summed E-state index contributed by atoms with van der Waals surface area (Å²) >= 11 is 0. The Morgan fingerprint density at radius 1 is 1.20 bits per heavy atom. The predicted octanol–water partition coefficient (Wildman–Crippen LogP) is 2.40. The number of carbonyl (C=O) groups excluding carboxylic acids is 2. The summed E-state index contributed by atoms with van der Waals surface area (Å²) in [5.74, 6) is -2.99. The van der Waals surface area contributed by atoms with Gasteiger partial charge in [-0.15, -0.1) is 0 Å². The second-order valence-corrected chi connectivity index (χ2v) is 5.95. The minimum atomic E-state index is -4.69. The van der Waals surface area contributed by atoms with E-state index in [1.165, 1.54) is 18.2 Å². The van der Waals surface area contributed by atoms with Crippen LogP contribution in [-0.4, -0.2) is 30.2 Å². The number of aromatic nitrogens is 1. The number of hydrogen-bond donors (Lipinski definition) is 2. The number of methoxy groups -OCH3 is 1. The summed E-state index contributed by atoms with van der Waals surface area (Å²) in [5, 5.41) is 0. The number of pyridine rings is 1. The Labute approximate surface area is 168 Å².